The van der Waals surface area contributed by atoms with E-state index in [2.05, 4.69) is 0 Å². The van der Waals surface area contributed by atoms with E-state index < -0.39 is 5.82 Å². The van der Waals surface area contributed by atoms with Crippen molar-refractivity contribution in [2.24, 2.45) is 0 Å². The SMILES string of the molecule is N#Cc1cc(F)c2sc(C#N)cc2c1. The molecule has 0 aliphatic carbocycles. The molecule has 0 atom stereocenters. The number of rotatable bonds is 0. The van der Waals surface area contributed by atoms with Crippen LogP contribution in [-0.2, 0) is 0 Å². The topological polar surface area (TPSA) is 47.6 Å². The van der Waals surface area contributed by atoms with Crippen LogP contribution in [0.3, 0.4) is 0 Å². The van der Waals surface area contributed by atoms with Crippen molar-refractivity contribution in [1.82, 2.24) is 0 Å². The van der Waals surface area contributed by atoms with Gasteiger partial charge in [0.05, 0.1) is 16.3 Å². The number of benzene rings is 1. The summed E-state index contributed by atoms with van der Waals surface area (Å²) in [5, 5.41) is 17.9. The third-order valence-corrected chi connectivity index (χ3v) is 2.87. The van der Waals surface area contributed by atoms with E-state index in [-0.39, 0.29) is 5.56 Å². The highest BCUT2D eigenvalue weighted by Crippen LogP contribution is 2.28. The zero-order valence-corrected chi connectivity index (χ0v) is 7.73. The van der Waals surface area contributed by atoms with E-state index in [1.165, 1.54) is 6.07 Å². The molecule has 0 fully saturated rings. The Labute approximate surface area is 83.4 Å². The van der Waals surface area contributed by atoms with Crippen LogP contribution in [0.25, 0.3) is 10.1 Å². The summed E-state index contributed by atoms with van der Waals surface area (Å²) in [6, 6.07) is 8.17. The van der Waals surface area contributed by atoms with Gasteiger partial charge in [0.15, 0.2) is 0 Å². The molecule has 0 bridgehead atoms. The molecule has 66 valence electrons. The number of fused-ring (bicyclic) bond motifs is 1. The Hall–Kier alpha value is -1.91. The lowest BCUT2D eigenvalue weighted by atomic mass is 10.2. The fourth-order valence-electron chi connectivity index (χ4n) is 1.23. The number of halogens is 1. The van der Waals surface area contributed by atoms with Crippen molar-refractivity contribution < 1.29 is 4.39 Å². The van der Waals surface area contributed by atoms with Gasteiger partial charge in [-0.1, -0.05) is 0 Å². The first-order valence-corrected chi connectivity index (χ1v) is 4.59. The van der Waals surface area contributed by atoms with Crippen LogP contribution in [0.2, 0.25) is 0 Å². The third-order valence-electron chi connectivity index (χ3n) is 1.81. The lowest BCUT2D eigenvalue weighted by Crippen LogP contribution is -1.77. The Bertz CT molecular complexity index is 586. The van der Waals surface area contributed by atoms with Gasteiger partial charge >= 0.3 is 0 Å². The molecule has 14 heavy (non-hydrogen) atoms. The van der Waals surface area contributed by atoms with Crippen molar-refractivity contribution in [1.29, 1.82) is 10.5 Å². The number of thiophene rings is 1. The first kappa shape index (κ1) is 8.68. The number of hydrogen-bond donors (Lipinski definition) is 0. The van der Waals surface area contributed by atoms with Crippen molar-refractivity contribution in [2.75, 3.05) is 0 Å². The molecule has 0 saturated carbocycles. The van der Waals surface area contributed by atoms with Crippen LogP contribution in [-0.4, -0.2) is 0 Å². The van der Waals surface area contributed by atoms with E-state index >= 15 is 0 Å². The fraction of sp³-hybridized carbons (Fsp3) is 0. The van der Waals surface area contributed by atoms with Crippen LogP contribution in [0, 0.1) is 28.5 Å². The molecule has 2 nitrogen and oxygen atoms in total. The van der Waals surface area contributed by atoms with E-state index in [0.717, 1.165) is 11.3 Å². The average molecular weight is 202 g/mol. The molecule has 0 spiro atoms. The van der Waals surface area contributed by atoms with Crippen LogP contribution in [0.1, 0.15) is 10.4 Å². The lowest BCUT2D eigenvalue weighted by Gasteiger charge is -1.92. The standard InChI is InChI=1S/C10H3FN2S/c11-9-2-6(4-12)1-7-3-8(5-13)14-10(7)9/h1-3H. The minimum Gasteiger partial charge on any atom is -0.205 e. The maximum Gasteiger partial charge on any atom is 0.142 e. The molecule has 2 rings (SSSR count). The summed E-state index contributed by atoms with van der Waals surface area (Å²) in [7, 11) is 0. The number of hydrogen-bond acceptors (Lipinski definition) is 3. The summed E-state index contributed by atoms with van der Waals surface area (Å²) < 4.78 is 13.8. The van der Waals surface area contributed by atoms with Crippen molar-refractivity contribution in [2.45, 2.75) is 0 Å². The van der Waals surface area contributed by atoms with Crippen LogP contribution >= 0.6 is 11.3 Å². The summed E-state index contributed by atoms with van der Waals surface area (Å²) in [6.07, 6.45) is 0. The molecule has 0 radical (unpaired) electrons. The molecule has 0 saturated heterocycles. The highest BCUT2D eigenvalue weighted by molar-refractivity contribution is 7.19. The Kier molecular flexibility index (Phi) is 1.92. The van der Waals surface area contributed by atoms with Gasteiger partial charge in [-0.15, -0.1) is 11.3 Å². The highest BCUT2D eigenvalue weighted by Gasteiger charge is 2.07. The monoisotopic (exact) mass is 202 g/mol. The van der Waals surface area contributed by atoms with Gasteiger partial charge in [-0.05, 0) is 23.6 Å². The predicted molar refractivity (Wildman–Crippen MR) is 51.2 cm³/mol. The van der Waals surface area contributed by atoms with E-state index in [9.17, 15) is 4.39 Å². The molecular formula is C10H3FN2S. The quantitative estimate of drug-likeness (QED) is 0.659. The maximum atomic E-state index is 13.3. The fourth-order valence-corrected chi connectivity index (χ4v) is 2.07. The van der Waals surface area contributed by atoms with Gasteiger partial charge in [-0.2, -0.15) is 10.5 Å². The van der Waals surface area contributed by atoms with Gasteiger partial charge < -0.3 is 0 Å². The summed E-state index contributed by atoms with van der Waals surface area (Å²) >= 11 is 1.10. The molecule has 0 aliphatic rings. The summed E-state index contributed by atoms with van der Waals surface area (Å²) in [6.45, 7) is 0. The largest absolute Gasteiger partial charge is 0.205 e. The molecule has 1 heterocycles. The summed E-state index contributed by atoms with van der Waals surface area (Å²) in [5.74, 6) is -0.439. The van der Waals surface area contributed by atoms with Crippen molar-refractivity contribution in [3.8, 4) is 12.1 Å². The molecule has 0 aliphatic heterocycles. The van der Waals surface area contributed by atoms with E-state index in [1.807, 2.05) is 12.1 Å². The second-order valence-electron chi connectivity index (χ2n) is 2.71. The molecule has 0 unspecified atom stereocenters. The molecule has 1 aromatic heterocycles. The Morgan fingerprint density at radius 2 is 1.93 bits per heavy atom. The van der Waals surface area contributed by atoms with Crippen LogP contribution < -0.4 is 0 Å². The zero-order valence-electron chi connectivity index (χ0n) is 6.91. The van der Waals surface area contributed by atoms with Crippen LogP contribution in [0.4, 0.5) is 4.39 Å². The number of nitriles is 2. The van der Waals surface area contributed by atoms with Crippen molar-refractivity contribution in [3.63, 3.8) is 0 Å². The predicted octanol–water partition coefficient (Wildman–Crippen LogP) is 2.78. The molecule has 1 aromatic carbocycles. The first-order valence-electron chi connectivity index (χ1n) is 3.78. The Morgan fingerprint density at radius 3 is 2.57 bits per heavy atom. The normalized spacial score (nSPS) is 9.64. The van der Waals surface area contributed by atoms with Gasteiger partial charge in [0.2, 0.25) is 0 Å². The summed E-state index contributed by atoms with van der Waals surface area (Å²) in [4.78, 5) is 0.453. The van der Waals surface area contributed by atoms with Gasteiger partial charge in [-0.25, -0.2) is 4.39 Å². The van der Waals surface area contributed by atoms with Crippen LogP contribution in [0.5, 0.6) is 0 Å². The highest BCUT2D eigenvalue weighted by atomic mass is 32.1. The minimum absolute atomic E-state index is 0.275. The minimum atomic E-state index is -0.439. The van der Waals surface area contributed by atoms with Crippen molar-refractivity contribution in [3.05, 3.63) is 34.5 Å². The van der Waals surface area contributed by atoms with Gasteiger partial charge in [0.25, 0.3) is 0 Å². The molecule has 2 aromatic rings. The average Bonchev–Trinajstić information content (AvgIpc) is 2.61. The van der Waals surface area contributed by atoms with Crippen molar-refractivity contribution >= 4 is 21.4 Å². The van der Waals surface area contributed by atoms with Gasteiger partial charge in [0.1, 0.15) is 16.8 Å². The lowest BCUT2D eigenvalue weighted by molar-refractivity contribution is 0.641. The molecule has 4 heteroatoms. The van der Waals surface area contributed by atoms with E-state index in [1.54, 1.807) is 12.1 Å². The zero-order chi connectivity index (χ0) is 10.1. The first-order chi connectivity index (χ1) is 6.74. The molecule has 0 N–H and O–H groups in total. The Morgan fingerprint density at radius 1 is 1.14 bits per heavy atom. The smallest absolute Gasteiger partial charge is 0.142 e. The third kappa shape index (κ3) is 1.22. The van der Waals surface area contributed by atoms with Gasteiger partial charge in [0, 0.05) is 0 Å². The number of nitrogens with zero attached hydrogens (tertiary/aromatic N) is 2. The maximum absolute atomic E-state index is 13.3. The van der Waals surface area contributed by atoms with Crippen LogP contribution in [0.15, 0.2) is 18.2 Å². The molecular weight excluding hydrogens is 199 g/mol. The van der Waals surface area contributed by atoms with E-state index in [0.29, 0.717) is 15.0 Å². The Balaban J connectivity index is 2.83. The second kappa shape index (κ2) is 3.10. The summed E-state index contributed by atoms with van der Waals surface area (Å²) in [5.41, 5.74) is 0.275. The molecule has 0 amide bonds. The van der Waals surface area contributed by atoms with Gasteiger partial charge in [-0.3, -0.25) is 0 Å². The van der Waals surface area contributed by atoms with E-state index in [4.69, 9.17) is 10.5 Å². The second-order valence-corrected chi connectivity index (χ2v) is 3.76.